The van der Waals surface area contributed by atoms with Gasteiger partial charge in [-0.2, -0.15) is 5.11 Å². The molecule has 0 bridgehead atoms. The van der Waals surface area contributed by atoms with Gasteiger partial charge in [0.2, 0.25) is 11.8 Å². The summed E-state index contributed by atoms with van der Waals surface area (Å²) >= 11 is 0. The molecule has 1 aromatic carbocycles. The molecular weight excluding hydrogens is 463 g/mol. The Morgan fingerprint density at radius 2 is 2.03 bits per heavy atom. The van der Waals surface area contributed by atoms with Crippen LogP contribution < -0.4 is 10.6 Å². The highest BCUT2D eigenvalue weighted by Crippen LogP contribution is 2.24. The fraction of sp³-hybridized carbons (Fsp3) is 0.423. The van der Waals surface area contributed by atoms with E-state index in [4.69, 9.17) is 5.53 Å². The van der Waals surface area contributed by atoms with E-state index in [9.17, 15) is 19.1 Å². The number of rotatable bonds is 10. The summed E-state index contributed by atoms with van der Waals surface area (Å²) in [5.74, 6) is -1.02. The predicted octanol–water partition coefficient (Wildman–Crippen LogP) is 3.53. The maximum atomic E-state index is 14.0. The Morgan fingerprint density at radius 3 is 2.64 bits per heavy atom. The summed E-state index contributed by atoms with van der Waals surface area (Å²) in [5, 5.41) is 19.2. The van der Waals surface area contributed by atoms with Crippen molar-refractivity contribution in [2.45, 2.75) is 51.7 Å². The summed E-state index contributed by atoms with van der Waals surface area (Å²) in [6.45, 7) is 5.60. The number of aliphatic hydroxyl groups is 1. The molecule has 10 heteroatoms. The molecule has 0 saturated carbocycles. The van der Waals surface area contributed by atoms with Crippen molar-refractivity contribution in [3.63, 3.8) is 0 Å². The van der Waals surface area contributed by atoms with Gasteiger partial charge in [-0.1, -0.05) is 38.1 Å². The SMILES string of the molecule is C/C(=C/N[C@H](C(=O)N1CCC[C@H]1C(=O)N[C@@H](CO)c1ccc(-c2ncccc2F)cc1)C(C)C)N=N. The Labute approximate surface area is 210 Å². The number of hydrogen-bond donors (Lipinski definition) is 4. The molecule has 0 unspecified atom stereocenters. The van der Waals surface area contributed by atoms with Crippen molar-refractivity contribution in [1.82, 2.24) is 20.5 Å². The van der Waals surface area contributed by atoms with E-state index < -0.39 is 23.9 Å². The van der Waals surface area contributed by atoms with E-state index in [1.165, 1.54) is 24.5 Å². The average molecular weight is 497 g/mol. The third-order valence-corrected chi connectivity index (χ3v) is 6.26. The summed E-state index contributed by atoms with van der Waals surface area (Å²) in [6.07, 6.45) is 4.26. The number of halogens is 1. The largest absolute Gasteiger partial charge is 0.394 e. The minimum Gasteiger partial charge on any atom is -0.394 e. The van der Waals surface area contributed by atoms with E-state index in [2.05, 4.69) is 20.7 Å². The van der Waals surface area contributed by atoms with Gasteiger partial charge in [-0.25, -0.2) is 9.92 Å². The molecule has 0 radical (unpaired) electrons. The number of amides is 2. The van der Waals surface area contributed by atoms with Crippen molar-refractivity contribution in [3.05, 3.63) is 65.9 Å². The van der Waals surface area contributed by atoms with Gasteiger partial charge >= 0.3 is 0 Å². The molecule has 1 aliphatic rings. The van der Waals surface area contributed by atoms with Crippen LogP contribution in [0.2, 0.25) is 0 Å². The minimum absolute atomic E-state index is 0.0516. The van der Waals surface area contributed by atoms with Crippen LogP contribution >= 0.6 is 0 Å². The van der Waals surface area contributed by atoms with E-state index in [0.717, 1.165) is 0 Å². The van der Waals surface area contributed by atoms with Crippen LogP contribution in [0.1, 0.15) is 45.2 Å². The molecule has 9 nitrogen and oxygen atoms in total. The van der Waals surface area contributed by atoms with Crippen molar-refractivity contribution in [1.29, 1.82) is 5.53 Å². The number of nitrogens with one attached hydrogen (secondary N) is 3. The summed E-state index contributed by atoms with van der Waals surface area (Å²) in [5.41, 5.74) is 8.97. The third kappa shape index (κ3) is 6.31. The first kappa shape index (κ1) is 26.9. The van der Waals surface area contributed by atoms with Crippen LogP contribution in [0.5, 0.6) is 0 Å². The van der Waals surface area contributed by atoms with Crippen molar-refractivity contribution < 1.29 is 19.1 Å². The number of carbonyl (C=O) groups is 2. The molecule has 2 amide bonds. The lowest BCUT2D eigenvalue weighted by molar-refractivity contribution is -0.141. The Kier molecular flexibility index (Phi) is 9.24. The number of benzene rings is 1. The Hall–Kier alpha value is -3.66. The van der Waals surface area contributed by atoms with Gasteiger partial charge in [-0.15, -0.1) is 0 Å². The average Bonchev–Trinajstić information content (AvgIpc) is 3.37. The van der Waals surface area contributed by atoms with Gasteiger partial charge < -0.3 is 20.6 Å². The molecule has 3 rings (SSSR count). The van der Waals surface area contributed by atoms with Gasteiger partial charge in [0.25, 0.3) is 0 Å². The summed E-state index contributed by atoms with van der Waals surface area (Å²) in [7, 11) is 0. The first-order chi connectivity index (χ1) is 17.3. The maximum Gasteiger partial charge on any atom is 0.245 e. The zero-order valence-electron chi connectivity index (χ0n) is 20.7. The van der Waals surface area contributed by atoms with Gasteiger partial charge in [0.05, 0.1) is 18.3 Å². The fourth-order valence-electron chi connectivity index (χ4n) is 4.25. The first-order valence-electron chi connectivity index (χ1n) is 12.0. The van der Waals surface area contributed by atoms with Gasteiger partial charge in [-0.05, 0) is 43.4 Å². The van der Waals surface area contributed by atoms with Crippen LogP contribution in [-0.2, 0) is 9.59 Å². The highest BCUT2D eigenvalue weighted by molar-refractivity contribution is 5.90. The van der Waals surface area contributed by atoms with E-state index >= 15 is 0 Å². The van der Waals surface area contributed by atoms with Crippen LogP contribution in [0, 0.1) is 17.3 Å². The molecule has 0 spiro atoms. The lowest BCUT2D eigenvalue weighted by Gasteiger charge is -2.31. The standard InChI is InChI=1S/C26H33FN6O3/c1-16(2)23(30-14-17(3)32-28)26(36)33-13-5-7-22(33)25(35)31-21(15-34)18-8-10-19(11-9-18)24-20(27)6-4-12-29-24/h4,6,8-12,14,16,21-23,28,30,34H,5,7,13,15H2,1-3H3,(H,31,35)/b17-14-,32-28?/t21-,22-,23-/m0/s1. The topological polar surface area (TPSA) is 131 Å². The van der Waals surface area contributed by atoms with Crippen molar-refractivity contribution in [2.24, 2.45) is 11.0 Å². The van der Waals surface area contributed by atoms with E-state index in [0.29, 0.717) is 36.2 Å². The highest BCUT2D eigenvalue weighted by Gasteiger charge is 2.38. The number of pyridine rings is 1. The summed E-state index contributed by atoms with van der Waals surface area (Å²) in [6, 6.07) is 7.78. The maximum absolute atomic E-state index is 14.0. The second-order valence-electron chi connectivity index (χ2n) is 9.18. The number of likely N-dealkylation sites (tertiary alicyclic amines) is 1. The summed E-state index contributed by atoms with van der Waals surface area (Å²) < 4.78 is 14.0. The van der Waals surface area contributed by atoms with Crippen LogP contribution in [0.3, 0.4) is 0 Å². The molecule has 1 fully saturated rings. The van der Waals surface area contributed by atoms with Crippen LogP contribution in [-0.4, -0.2) is 52.0 Å². The van der Waals surface area contributed by atoms with Crippen molar-refractivity contribution >= 4 is 11.8 Å². The van der Waals surface area contributed by atoms with Gasteiger partial charge in [0.15, 0.2) is 0 Å². The Bertz CT molecular complexity index is 1110. The predicted molar refractivity (Wildman–Crippen MR) is 133 cm³/mol. The van der Waals surface area contributed by atoms with Crippen molar-refractivity contribution in [2.75, 3.05) is 13.2 Å². The molecule has 3 atom stereocenters. The van der Waals surface area contributed by atoms with Crippen molar-refractivity contribution in [3.8, 4) is 11.3 Å². The molecule has 1 aliphatic heterocycles. The van der Waals surface area contributed by atoms with Crippen LogP contribution in [0.15, 0.2) is 59.6 Å². The second kappa shape index (κ2) is 12.3. The molecule has 4 N–H and O–H groups in total. The van der Waals surface area contributed by atoms with Gasteiger partial charge in [-0.3, -0.25) is 14.6 Å². The fourth-order valence-corrected chi connectivity index (χ4v) is 4.25. The molecule has 1 saturated heterocycles. The van der Waals surface area contributed by atoms with Gasteiger partial charge in [0.1, 0.15) is 23.6 Å². The second-order valence-corrected chi connectivity index (χ2v) is 9.18. The normalized spacial score (nSPS) is 17.6. The number of hydrogen-bond acceptors (Lipinski definition) is 7. The van der Waals surface area contributed by atoms with Crippen LogP contribution in [0.25, 0.3) is 11.3 Å². The molecular formula is C26H33FN6O3. The smallest absolute Gasteiger partial charge is 0.245 e. The van der Waals surface area contributed by atoms with E-state index in [1.807, 2.05) is 13.8 Å². The first-order valence-corrected chi connectivity index (χ1v) is 12.0. The number of aromatic nitrogens is 1. The zero-order chi connectivity index (χ0) is 26.2. The minimum atomic E-state index is -0.680. The molecule has 192 valence electrons. The molecule has 2 aromatic rings. The van der Waals surface area contributed by atoms with E-state index in [1.54, 1.807) is 36.1 Å². The quantitative estimate of drug-likeness (QED) is 0.374. The van der Waals surface area contributed by atoms with Crippen LogP contribution in [0.4, 0.5) is 4.39 Å². The Morgan fingerprint density at radius 1 is 1.31 bits per heavy atom. The summed E-state index contributed by atoms with van der Waals surface area (Å²) in [4.78, 5) is 32.2. The number of carbonyl (C=O) groups excluding carboxylic acids is 2. The lowest BCUT2D eigenvalue weighted by Crippen LogP contribution is -2.53. The lowest BCUT2D eigenvalue weighted by atomic mass is 10.0. The monoisotopic (exact) mass is 496 g/mol. The number of allylic oxidation sites excluding steroid dienone is 1. The van der Waals surface area contributed by atoms with E-state index in [-0.39, 0.29) is 30.0 Å². The molecule has 0 aliphatic carbocycles. The number of nitrogens with zero attached hydrogens (tertiary/aromatic N) is 3. The zero-order valence-corrected chi connectivity index (χ0v) is 20.7. The molecule has 36 heavy (non-hydrogen) atoms. The Balaban J connectivity index is 1.71. The van der Waals surface area contributed by atoms with Gasteiger partial charge in [0, 0.05) is 24.5 Å². The number of aliphatic hydroxyl groups excluding tert-OH is 1. The molecule has 2 heterocycles. The molecule has 1 aromatic heterocycles. The third-order valence-electron chi connectivity index (χ3n) is 6.26. The highest BCUT2D eigenvalue weighted by atomic mass is 19.1.